The lowest BCUT2D eigenvalue weighted by molar-refractivity contribution is 0.0633. The van der Waals surface area contributed by atoms with Gasteiger partial charge in [-0.2, -0.15) is 0 Å². The number of alkyl halides is 1. The number of hydrogen-bond acceptors (Lipinski definition) is 3. The van der Waals surface area contributed by atoms with Gasteiger partial charge in [0.15, 0.2) is 6.61 Å². The lowest BCUT2D eigenvalue weighted by Crippen LogP contribution is -2.08. The Morgan fingerprint density at radius 3 is 2.57 bits per heavy atom. The van der Waals surface area contributed by atoms with Gasteiger partial charge in [-0.1, -0.05) is 18.8 Å². The number of carbonyl (C=O) groups excluding carboxylic acids is 1. The zero-order chi connectivity index (χ0) is 10.6. The van der Waals surface area contributed by atoms with Crippen molar-refractivity contribution in [2.75, 3.05) is 19.1 Å². The fraction of sp³-hybridized carbons (Fsp3) is 0.700. The summed E-state index contributed by atoms with van der Waals surface area (Å²) in [6, 6.07) is 0. The molecule has 0 aromatic carbocycles. The van der Waals surface area contributed by atoms with Crippen molar-refractivity contribution in [2.24, 2.45) is 0 Å². The third-order valence-corrected chi connectivity index (χ3v) is 1.79. The largest absolute Gasteiger partial charge is 0.509 e. The minimum Gasteiger partial charge on any atom is -0.434 e. The van der Waals surface area contributed by atoms with Crippen LogP contribution in [0.1, 0.15) is 25.7 Å². The molecular formula is C10H15ClO3. The van der Waals surface area contributed by atoms with Crippen molar-refractivity contribution >= 4 is 17.8 Å². The predicted molar refractivity (Wildman–Crippen MR) is 55.3 cm³/mol. The topological polar surface area (TPSA) is 35.5 Å². The smallest absolute Gasteiger partial charge is 0.434 e. The van der Waals surface area contributed by atoms with Gasteiger partial charge in [-0.3, -0.25) is 0 Å². The average molecular weight is 219 g/mol. The lowest BCUT2D eigenvalue weighted by atomic mass is 10.2. The summed E-state index contributed by atoms with van der Waals surface area (Å²) in [5.41, 5.74) is 0. The van der Waals surface area contributed by atoms with E-state index in [-0.39, 0.29) is 6.61 Å². The molecule has 0 aliphatic heterocycles. The highest BCUT2D eigenvalue weighted by Crippen LogP contribution is 2.01. The number of hydrogen-bond donors (Lipinski definition) is 0. The lowest BCUT2D eigenvalue weighted by Gasteiger charge is -2.03. The quantitative estimate of drug-likeness (QED) is 0.285. The highest BCUT2D eigenvalue weighted by atomic mass is 35.5. The van der Waals surface area contributed by atoms with Gasteiger partial charge in [0.05, 0.1) is 6.61 Å². The second-order valence-corrected chi connectivity index (χ2v) is 3.07. The standard InChI is InChI=1S/C10H15ClO3/c1-2-8-13-10(12)14-9-6-4-3-5-7-11/h1H,3-9H2. The molecule has 0 unspecified atom stereocenters. The van der Waals surface area contributed by atoms with Gasteiger partial charge in [0.25, 0.3) is 0 Å². The third-order valence-electron chi connectivity index (χ3n) is 1.52. The zero-order valence-electron chi connectivity index (χ0n) is 8.13. The Hall–Kier alpha value is -0.880. The van der Waals surface area contributed by atoms with Crippen molar-refractivity contribution < 1.29 is 14.3 Å². The molecular weight excluding hydrogens is 204 g/mol. The number of rotatable bonds is 7. The van der Waals surface area contributed by atoms with Crippen molar-refractivity contribution in [3.63, 3.8) is 0 Å². The minimum atomic E-state index is -0.694. The van der Waals surface area contributed by atoms with Crippen LogP contribution in [0.25, 0.3) is 0 Å². The molecule has 0 aliphatic carbocycles. The summed E-state index contributed by atoms with van der Waals surface area (Å²) < 4.78 is 9.24. The number of carbonyl (C=O) groups is 1. The highest BCUT2D eigenvalue weighted by molar-refractivity contribution is 6.17. The van der Waals surface area contributed by atoms with E-state index in [1.165, 1.54) is 0 Å². The first kappa shape index (κ1) is 13.1. The Bertz CT molecular complexity index is 186. The van der Waals surface area contributed by atoms with E-state index in [1.54, 1.807) is 0 Å². The number of terminal acetylenes is 1. The fourth-order valence-corrected chi connectivity index (χ4v) is 1.04. The van der Waals surface area contributed by atoms with Gasteiger partial charge in [-0.25, -0.2) is 4.79 Å². The van der Waals surface area contributed by atoms with E-state index in [0.717, 1.165) is 25.7 Å². The molecule has 0 saturated carbocycles. The molecule has 0 atom stereocenters. The molecule has 0 amide bonds. The molecule has 4 heteroatoms. The normalized spacial score (nSPS) is 9.14. The van der Waals surface area contributed by atoms with Gasteiger partial charge >= 0.3 is 6.16 Å². The maximum absolute atomic E-state index is 10.7. The average Bonchev–Trinajstić information content (AvgIpc) is 2.20. The molecule has 0 aromatic rings. The summed E-state index contributed by atoms with van der Waals surface area (Å²) in [6.07, 6.45) is 8.11. The van der Waals surface area contributed by atoms with E-state index < -0.39 is 6.16 Å². The number of ether oxygens (including phenoxy) is 2. The summed E-state index contributed by atoms with van der Waals surface area (Å²) in [7, 11) is 0. The van der Waals surface area contributed by atoms with Crippen molar-refractivity contribution in [3.05, 3.63) is 0 Å². The van der Waals surface area contributed by atoms with Gasteiger partial charge < -0.3 is 9.47 Å². The maximum Gasteiger partial charge on any atom is 0.509 e. The summed E-state index contributed by atoms with van der Waals surface area (Å²) in [5, 5.41) is 0. The molecule has 0 spiro atoms. The van der Waals surface area contributed by atoms with Crippen LogP contribution in [-0.2, 0) is 9.47 Å². The van der Waals surface area contributed by atoms with Crippen LogP contribution in [0.5, 0.6) is 0 Å². The van der Waals surface area contributed by atoms with Crippen LogP contribution in [0.15, 0.2) is 0 Å². The molecule has 0 heterocycles. The molecule has 0 bridgehead atoms. The molecule has 14 heavy (non-hydrogen) atoms. The molecule has 0 N–H and O–H groups in total. The van der Waals surface area contributed by atoms with Crippen LogP contribution in [0.3, 0.4) is 0 Å². The molecule has 0 rings (SSSR count). The van der Waals surface area contributed by atoms with E-state index in [2.05, 4.69) is 10.7 Å². The van der Waals surface area contributed by atoms with Gasteiger partial charge in [0.2, 0.25) is 0 Å². The molecule has 80 valence electrons. The first-order valence-corrected chi connectivity index (χ1v) is 5.13. The van der Waals surface area contributed by atoms with Crippen LogP contribution in [0.4, 0.5) is 4.79 Å². The van der Waals surface area contributed by atoms with Crippen molar-refractivity contribution in [3.8, 4) is 12.3 Å². The van der Waals surface area contributed by atoms with Crippen LogP contribution in [0.2, 0.25) is 0 Å². The van der Waals surface area contributed by atoms with Crippen LogP contribution >= 0.6 is 11.6 Å². The second-order valence-electron chi connectivity index (χ2n) is 2.69. The van der Waals surface area contributed by atoms with Crippen molar-refractivity contribution in [2.45, 2.75) is 25.7 Å². The number of unbranched alkanes of at least 4 members (excludes halogenated alkanes) is 3. The Balaban J connectivity index is 3.11. The van der Waals surface area contributed by atoms with Crippen LogP contribution in [0, 0.1) is 12.3 Å². The van der Waals surface area contributed by atoms with Crippen LogP contribution in [-0.4, -0.2) is 25.2 Å². The fourth-order valence-electron chi connectivity index (χ4n) is 0.848. The summed E-state index contributed by atoms with van der Waals surface area (Å²) in [5.74, 6) is 2.86. The summed E-state index contributed by atoms with van der Waals surface area (Å²) in [4.78, 5) is 10.7. The molecule has 0 aromatic heterocycles. The van der Waals surface area contributed by atoms with Gasteiger partial charge in [-0.15, -0.1) is 18.0 Å². The zero-order valence-corrected chi connectivity index (χ0v) is 8.89. The molecule has 0 saturated heterocycles. The summed E-state index contributed by atoms with van der Waals surface area (Å²) in [6.45, 7) is 0.344. The monoisotopic (exact) mass is 218 g/mol. The molecule has 3 nitrogen and oxygen atoms in total. The Kier molecular flexibility index (Phi) is 9.56. The maximum atomic E-state index is 10.7. The first-order chi connectivity index (χ1) is 6.81. The van der Waals surface area contributed by atoms with E-state index in [9.17, 15) is 4.79 Å². The molecule has 0 aliphatic rings. The van der Waals surface area contributed by atoms with Gasteiger partial charge in [0, 0.05) is 5.88 Å². The van der Waals surface area contributed by atoms with E-state index >= 15 is 0 Å². The SMILES string of the molecule is C#CCOC(=O)OCCCCCCCl. The Labute approximate surface area is 89.7 Å². The van der Waals surface area contributed by atoms with Gasteiger partial charge in [-0.05, 0) is 12.8 Å². The van der Waals surface area contributed by atoms with Crippen LogP contribution < -0.4 is 0 Å². The second kappa shape index (κ2) is 10.2. The summed E-state index contributed by atoms with van der Waals surface area (Å²) >= 11 is 5.50. The molecule has 0 fully saturated rings. The van der Waals surface area contributed by atoms with Crippen molar-refractivity contribution in [1.29, 1.82) is 0 Å². The Morgan fingerprint density at radius 2 is 1.93 bits per heavy atom. The van der Waals surface area contributed by atoms with E-state index in [4.69, 9.17) is 22.8 Å². The van der Waals surface area contributed by atoms with Crippen molar-refractivity contribution in [1.82, 2.24) is 0 Å². The van der Waals surface area contributed by atoms with Gasteiger partial charge in [0.1, 0.15) is 0 Å². The predicted octanol–water partition coefficient (Wildman–Crippen LogP) is 2.57. The third kappa shape index (κ3) is 9.21. The van der Waals surface area contributed by atoms with E-state index in [1.807, 2.05) is 0 Å². The minimum absolute atomic E-state index is 0.0366. The first-order valence-electron chi connectivity index (χ1n) is 4.60. The number of halogens is 1. The highest BCUT2D eigenvalue weighted by Gasteiger charge is 2.00. The van der Waals surface area contributed by atoms with E-state index in [0.29, 0.717) is 12.5 Å². The Morgan fingerprint density at radius 1 is 1.21 bits per heavy atom. The molecule has 0 radical (unpaired) electrons.